The quantitative estimate of drug-likeness (QED) is 0.837. The van der Waals surface area contributed by atoms with E-state index in [1.165, 1.54) is 12.8 Å². The molecule has 3 rings (SSSR count). The van der Waals surface area contributed by atoms with Crippen LogP contribution in [0.1, 0.15) is 18.4 Å². The fourth-order valence-corrected chi connectivity index (χ4v) is 3.15. The molecule has 0 spiro atoms. The number of carbonyl (C=O) groups excluding carboxylic acids is 1. The molecule has 3 atom stereocenters. The normalized spacial score (nSPS) is 27.5. The topological polar surface area (TPSA) is 38.3 Å². The third-order valence-corrected chi connectivity index (χ3v) is 4.11. The molecule has 3 heteroatoms. The zero-order valence-electron chi connectivity index (χ0n) is 11.1. The maximum Gasteiger partial charge on any atom is 0.411 e. The highest BCUT2D eigenvalue weighted by atomic mass is 16.5. The monoisotopic (exact) mass is 257 g/mol. The zero-order valence-corrected chi connectivity index (χ0v) is 11.1. The third-order valence-electron chi connectivity index (χ3n) is 4.11. The van der Waals surface area contributed by atoms with Crippen LogP contribution in [0, 0.1) is 24.7 Å². The van der Waals surface area contributed by atoms with Gasteiger partial charge in [0.2, 0.25) is 0 Å². The smallest absolute Gasteiger partial charge is 0.411 e. The molecule has 1 N–H and O–H groups in total. The van der Waals surface area contributed by atoms with Crippen molar-refractivity contribution in [1.29, 1.82) is 0 Å². The van der Waals surface area contributed by atoms with E-state index in [-0.39, 0.29) is 6.09 Å². The highest BCUT2D eigenvalue weighted by Gasteiger charge is 2.36. The van der Waals surface area contributed by atoms with Gasteiger partial charge in [-0.05, 0) is 49.3 Å². The molecule has 0 unspecified atom stereocenters. The minimum absolute atomic E-state index is 0.350. The van der Waals surface area contributed by atoms with Crippen LogP contribution < -0.4 is 5.32 Å². The summed E-state index contributed by atoms with van der Waals surface area (Å²) in [5.41, 5.74) is 1.91. The van der Waals surface area contributed by atoms with Crippen LogP contribution in [0.2, 0.25) is 0 Å². The Balaban J connectivity index is 1.48. The Morgan fingerprint density at radius 1 is 1.37 bits per heavy atom. The first kappa shape index (κ1) is 12.3. The van der Waals surface area contributed by atoms with Crippen molar-refractivity contribution >= 4 is 11.8 Å². The van der Waals surface area contributed by atoms with Crippen LogP contribution in [-0.4, -0.2) is 12.7 Å². The van der Waals surface area contributed by atoms with Crippen molar-refractivity contribution in [2.24, 2.45) is 17.8 Å². The summed E-state index contributed by atoms with van der Waals surface area (Å²) in [7, 11) is 0. The number of rotatable bonds is 3. The molecule has 0 radical (unpaired) electrons. The number of anilines is 1. The van der Waals surface area contributed by atoms with Crippen molar-refractivity contribution in [3.63, 3.8) is 0 Å². The second-order valence-electron chi connectivity index (χ2n) is 5.63. The molecule has 1 aromatic rings. The summed E-state index contributed by atoms with van der Waals surface area (Å²) in [6.07, 6.45) is 6.64. The van der Waals surface area contributed by atoms with E-state index in [1.54, 1.807) is 0 Å². The lowest BCUT2D eigenvalue weighted by Gasteiger charge is -2.17. The summed E-state index contributed by atoms with van der Waals surface area (Å²) in [4.78, 5) is 11.7. The van der Waals surface area contributed by atoms with Gasteiger partial charge in [-0.25, -0.2) is 4.79 Å². The fourth-order valence-electron chi connectivity index (χ4n) is 3.15. The first-order valence-electron chi connectivity index (χ1n) is 6.89. The second kappa shape index (κ2) is 5.08. The van der Waals surface area contributed by atoms with Crippen molar-refractivity contribution < 1.29 is 9.53 Å². The summed E-state index contributed by atoms with van der Waals surface area (Å²) in [5, 5.41) is 2.77. The van der Waals surface area contributed by atoms with Gasteiger partial charge in [0.25, 0.3) is 0 Å². The van der Waals surface area contributed by atoms with Gasteiger partial charge in [-0.3, -0.25) is 5.32 Å². The third kappa shape index (κ3) is 2.80. The van der Waals surface area contributed by atoms with Gasteiger partial charge in [-0.2, -0.15) is 0 Å². The van der Waals surface area contributed by atoms with Gasteiger partial charge in [-0.1, -0.05) is 24.3 Å². The lowest BCUT2D eigenvalue weighted by molar-refractivity contribution is 0.134. The first-order valence-corrected chi connectivity index (χ1v) is 6.89. The van der Waals surface area contributed by atoms with Crippen LogP contribution in [-0.2, 0) is 4.74 Å². The van der Waals surface area contributed by atoms with E-state index < -0.39 is 0 Å². The highest BCUT2D eigenvalue weighted by molar-refractivity contribution is 5.84. The van der Waals surface area contributed by atoms with Crippen molar-refractivity contribution in [2.45, 2.75) is 19.8 Å². The zero-order chi connectivity index (χ0) is 13.2. The number of carbonyl (C=O) groups is 1. The van der Waals surface area contributed by atoms with Crippen molar-refractivity contribution in [3.05, 3.63) is 42.0 Å². The van der Waals surface area contributed by atoms with Gasteiger partial charge in [0.05, 0.1) is 6.61 Å². The Morgan fingerprint density at radius 2 is 2.26 bits per heavy atom. The van der Waals surface area contributed by atoms with E-state index in [0.29, 0.717) is 18.4 Å². The number of amides is 1. The highest BCUT2D eigenvalue weighted by Crippen LogP contribution is 2.43. The predicted molar refractivity (Wildman–Crippen MR) is 75.0 cm³/mol. The Morgan fingerprint density at radius 3 is 2.95 bits per heavy atom. The molecule has 2 bridgehead atoms. The molecule has 100 valence electrons. The molecule has 1 aromatic carbocycles. The standard InChI is InChI=1S/C16H19NO2/c1-11-3-2-4-15(7-11)17-16(18)19-10-14-9-12-5-6-13(14)8-12/h2-7,12-14H,8-10H2,1H3,(H,17,18)/t12-,13+,14-/m1/s1. The van der Waals surface area contributed by atoms with Crippen LogP contribution in [0.15, 0.2) is 36.4 Å². The van der Waals surface area contributed by atoms with Gasteiger partial charge >= 0.3 is 6.09 Å². The number of benzene rings is 1. The first-order chi connectivity index (χ1) is 9.20. The number of aryl methyl sites for hydroxylation is 1. The van der Waals surface area contributed by atoms with Crippen LogP contribution in [0.5, 0.6) is 0 Å². The average molecular weight is 257 g/mol. The van der Waals surface area contributed by atoms with Gasteiger partial charge in [-0.15, -0.1) is 0 Å². The Labute approximate surface area is 113 Å². The molecule has 2 aliphatic carbocycles. The minimum Gasteiger partial charge on any atom is -0.449 e. The van der Waals surface area contributed by atoms with E-state index in [0.717, 1.165) is 17.2 Å². The molecule has 2 aliphatic rings. The second-order valence-corrected chi connectivity index (χ2v) is 5.63. The number of allylic oxidation sites excluding steroid dienone is 2. The van der Waals surface area contributed by atoms with Gasteiger partial charge in [0.15, 0.2) is 0 Å². The largest absolute Gasteiger partial charge is 0.449 e. The number of fused-ring (bicyclic) bond motifs is 2. The molecular formula is C16H19NO2. The van der Waals surface area contributed by atoms with E-state index in [4.69, 9.17) is 4.74 Å². The van der Waals surface area contributed by atoms with E-state index in [1.807, 2.05) is 31.2 Å². The summed E-state index contributed by atoms with van der Waals surface area (Å²) in [6, 6.07) is 7.72. The lowest BCUT2D eigenvalue weighted by atomic mass is 9.95. The molecule has 1 amide bonds. The lowest BCUT2D eigenvalue weighted by Crippen LogP contribution is -2.21. The predicted octanol–water partition coefficient (Wildman–Crippen LogP) is 3.76. The fraction of sp³-hybridized carbons (Fsp3) is 0.438. The minimum atomic E-state index is -0.350. The Bertz CT molecular complexity index is 509. The molecule has 0 heterocycles. The molecule has 1 saturated carbocycles. The molecule has 19 heavy (non-hydrogen) atoms. The Kier molecular flexibility index (Phi) is 3.28. The maximum atomic E-state index is 11.7. The molecule has 1 fully saturated rings. The molecular weight excluding hydrogens is 238 g/mol. The summed E-state index contributed by atoms with van der Waals surface area (Å²) >= 11 is 0. The number of nitrogens with one attached hydrogen (secondary N) is 1. The van der Waals surface area contributed by atoms with Crippen molar-refractivity contribution in [2.75, 3.05) is 11.9 Å². The molecule has 0 aromatic heterocycles. The molecule has 0 aliphatic heterocycles. The van der Waals surface area contributed by atoms with E-state index >= 15 is 0 Å². The molecule has 0 saturated heterocycles. The number of hydrogen-bond acceptors (Lipinski definition) is 2. The Hall–Kier alpha value is -1.77. The maximum absolute atomic E-state index is 11.7. The van der Waals surface area contributed by atoms with Gasteiger partial charge in [0.1, 0.15) is 0 Å². The van der Waals surface area contributed by atoms with Crippen molar-refractivity contribution in [3.8, 4) is 0 Å². The number of ether oxygens (including phenoxy) is 1. The van der Waals surface area contributed by atoms with Crippen molar-refractivity contribution in [1.82, 2.24) is 0 Å². The van der Waals surface area contributed by atoms with Crippen LogP contribution >= 0.6 is 0 Å². The summed E-state index contributed by atoms with van der Waals surface area (Å²) in [6.45, 7) is 2.53. The van der Waals surface area contributed by atoms with Crippen LogP contribution in [0.25, 0.3) is 0 Å². The van der Waals surface area contributed by atoms with E-state index in [9.17, 15) is 4.79 Å². The van der Waals surface area contributed by atoms with Crippen LogP contribution in [0.4, 0.5) is 10.5 Å². The van der Waals surface area contributed by atoms with Gasteiger partial charge in [0, 0.05) is 11.6 Å². The summed E-state index contributed by atoms with van der Waals surface area (Å²) in [5.74, 6) is 1.86. The van der Waals surface area contributed by atoms with Crippen LogP contribution in [0.3, 0.4) is 0 Å². The number of hydrogen-bond donors (Lipinski definition) is 1. The van der Waals surface area contributed by atoms with Gasteiger partial charge < -0.3 is 4.74 Å². The SMILES string of the molecule is Cc1cccc(NC(=O)OC[C@H]2C[C@@H]3C=C[C@H]2C3)c1. The molecule has 3 nitrogen and oxygen atoms in total. The van der Waals surface area contributed by atoms with E-state index in [2.05, 4.69) is 17.5 Å². The average Bonchev–Trinajstić information content (AvgIpc) is 2.98. The summed E-state index contributed by atoms with van der Waals surface area (Å²) < 4.78 is 5.34.